The summed E-state index contributed by atoms with van der Waals surface area (Å²) in [6.07, 6.45) is 0. The molecule has 0 aliphatic heterocycles. The molecule has 0 spiro atoms. The number of hydrogen-bond donors (Lipinski definition) is 2. The van der Waals surface area contributed by atoms with E-state index >= 15 is 0 Å². The van der Waals surface area contributed by atoms with Crippen molar-refractivity contribution >= 4 is 5.91 Å². The van der Waals surface area contributed by atoms with Crippen molar-refractivity contribution in [3.05, 3.63) is 65.7 Å². The summed E-state index contributed by atoms with van der Waals surface area (Å²) in [6.45, 7) is 1.87. The molecule has 0 radical (unpaired) electrons. The first-order valence-electron chi connectivity index (χ1n) is 6.87. The molecule has 4 heteroatoms. The molecule has 0 aromatic heterocycles. The van der Waals surface area contributed by atoms with Crippen LogP contribution in [0.4, 0.5) is 0 Å². The van der Waals surface area contributed by atoms with Crippen LogP contribution in [0, 0.1) is 0 Å². The van der Waals surface area contributed by atoms with Crippen LogP contribution in [0.5, 0.6) is 5.75 Å². The van der Waals surface area contributed by atoms with E-state index in [2.05, 4.69) is 0 Å². The summed E-state index contributed by atoms with van der Waals surface area (Å²) in [5, 5.41) is 9.90. The van der Waals surface area contributed by atoms with Gasteiger partial charge >= 0.3 is 0 Å². The van der Waals surface area contributed by atoms with Crippen molar-refractivity contribution in [2.75, 3.05) is 7.05 Å². The molecule has 0 aliphatic carbocycles. The highest BCUT2D eigenvalue weighted by molar-refractivity contribution is 5.83. The maximum Gasteiger partial charge on any atom is 0.244 e. The van der Waals surface area contributed by atoms with Crippen LogP contribution in [0.1, 0.15) is 30.1 Å². The van der Waals surface area contributed by atoms with Crippen LogP contribution in [-0.2, 0) is 4.79 Å². The molecule has 21 heavy (non-hydrogen) atoms. The van der Waals surface area contributed by atoms with Gasteiger partial charge in [0.1, 0.15) is 11.8 Å². The Hall–Kier alpha value is -2.33. The summed E-state index contributed by atoms with van der Waals surface area (Å²) in [7, 11) is 1.70. The quantitative estimate of drug-likeness (QED) is 0.907. The molecular formula is C17H20N2O2. The van der Waals surface area contributed by atoms with Gasteiger partial charge in [0.25, 0.3) is 0 Å². The second-order valence-electron chi connectivity index (χ2n) is 5.07. The van der Waals surface area contributed by atoms with Gasteiger partial charge in [-0.05, 0) is 18.6 Å². The molecule has 2 aromatic rings. The summed E-state index contributed by atoms with van der Waals surface area (Å²) in [4.78, 5) is 14.1. The second kappa shape index (κ2) is 6.41. The summed E-state index contributed by atoms with van der Waals surface area (Å²) >= 11 is 0. The highest BCUT2D eigenvalue weighted by atomic mass is 16.3. The molecular weight excluding hydrogens is 264 g/mol. The number of benzene rings is 2. The number of phenolic OH excluding ortho intramolecular Hbond substituents is 1. The van der Waals surface area contributed by atoms with Crippen molar-refractivity contribution in [1.82, 2.24) is 4.90 Å². The Labute approximate surface area is 124 Å². The fourth-order valence-electron chi connectivity index (χ4n) is 2.26. The summed E-state index contributed by atoms with van der Waals surface area (Å²) < 4.78 is 0. The van der Waals surface area contributed by atoms with E-state index in [1.807, 2.05) is 43.3 Å². The zero-order valence-corrected chi connectivity index (χ0v) is 12.2. The Kier molecular flexibility index (Phi) is 4.60. The Morgan fingerprint density at radius 3 is 2.29 bits per heavy atom. The Morgan fingerprint density at radius 2 is 1.67 bits per heavy atom. The number of nitrogens with two attached hydrogens (primary N) is 1. The van der Waals surface area contributed by atoms with Crippen molar-refractivity contribution in [3.63, 3.8) is 0 Å². The molecule has 0 saturated carbocycles. The van der Waals surface area contributed by atoms with Gasteiger partial charge in [-0.3, -0.25) is 4.79 Å². The number of rotatable bonds is 4. The van der Waals surface area contributed by atoms with Gasteiger partial charge < -0.3 is 15.7 Å². The van der Waals surface area contributed by atoms with Gasteiger partial charge in [0, 0.05) is 12.6 Å². The molecule has 1 unspecified atom stereocenters. The molecule has 0 fully saturated rings. The van der Waals surface area contributed by atoms with Gasteiger partial charge in [0.2, 0.25) is 5.91 Å². The van der Waals surface area contributed by atoms with Crippen LogP contribution < -0.4 is 5.73 Å². The average Bonchev–Trinajstić information content (AvgIpc) is 2.53. The predicted octanol–water partition coefficient (Wildman–Crippen LogP) is 2.61. The minimum Gasteiger partial charge on any atom is -0.508 e. The molecule has 0 bridgehead atoms. The molecule has 0 saturated heterocycles. The number of likely N-dealkylation sites (N-methyl/N-ethyl adjacent to an activating group) is 1. The van der Waals surface area contributed by atoms with Gasteiger partial charge in [0.05, 0.1) is 6.04 Å². The third-order valence-electron chi connectivity index (χ3n) is 3.74. The van der Waals surface area contributed by atoms with Gasteiger partial charge in [-0.2, -0.15) is 0 Å². The lowest BCUT2D eigenvalue weighted by Gasteiger charge is -2.28. The van der Waals surface area contributed by atoms with Gasteiger partial charge in [-0.1, -0.05) is 48.5 Å². The second-order valence-corrected chi connectivity index (χ2v) is 5.07. The molecule has 1 amide bonds. The first kappa shape index (κ1) is 15.1. The highest BCUT2D eigenvalue weighted by Gasteiger charge is 2.25. The number of para-hydroxylation sites is 1. The largest absolute Gasteiger partial charge is 0.508 e. The van der Waals surface area contributed by atoms with Crippen LogP contribution in [0.15, 0.2) is 54.6 Å². The molecule has 4 nitrogen and oxygen atoms in total. The van der Waals surface area contributed by atoms with Crippen molar-refractivity contribution < 1.29 is 9.90 Å². The lowest BCUT2D eigenvalue weighted by atomic mass is 10.0. The number of carbonyl (C=O) groups is 1. The van der Waals surface area contributed by atoms with E-state index in [1.54, 1.807) is 30.1 Å². The molecule has 3 N–H and O–H groups in total. The lowest BCUT2D eigenvalue weighted by Crippen LogP contribution is -2.37. The Bertz CT molecular complexity index is 613. The number of amides is 1. The Morgan fingerprint density at radius 1 is 1.10 bits per heavy atom. The molecule has 0 aliphatic rings. The number of hydrogen-bond acceptors (Lipinski definition) is 3. The molecule has 2 rings (SSSR count). The predicted molar refractivity (Wildman–Crippen MR) is 82.7 cm³/mol. The van der Waals surface area contributed by atoms with E-state index in [1.165, 1.54) is 0 Å². The van der Waals surface area contributed by atoms with Gasteiger partial charge in [-0.15, -0.1) is 0 Å². The van der Waals surface area contributed by atoms with E-state index in [9.17, 15) is 9.90 Å². The normalized spacial score (nSPS) is 13.5. The number of aromatic hydroxyl groups is 1. The monoisotopic (exact) mass is 284 g/mol. The number of carbonyl (C=O) groups excluding carboxylic acids is 1. The van der Waals surface area contributed by atoms with E-state index in [0.29, 0.717) is 5.56 Å². The molecule has 2 atom stereocenters. The van der Waals surface area contributed by atoms with Gasteiger partial charge in [-0.25, -0.2) is 0 Å². The number of phenols is 1. The standard InChI is InChI=1S/C17H20N2O2/c1-12(14-10-6-7-11-15(14)20)19(2)17(21)16(18)13-8-4-3-5-9-13/h3-12,16,20H,18H2,1-2H3/t12?,16-/m1/s1. The number of nitrogens with zero attached hydrogens (tertiary/aromatic N) is 1. The van der Waals surface area contributed by atoms with Crippen LogP contribution in [-0.4, -0.2) is 23.0 Å². The third-order valence-corrected chi connectivity index (χ3v) is 3.74. The molecule has 2 aromatic carbocycles. The first-order valence-corrected chi connectivity index (χ1v) is 6.87. The minimum absolute atomic E-state index is 0.179. The third kappa shape index (κ3) is 3.23. The summed E-state index contributed by atoms with van der Waals surface area (Å²) in [5.74, 6) is -0.00474. The molecule has 110 valence electrons. The summed E-state index contributed by atoms with van der Waals surface area (Å²) in [5.41, 5.74) is 7.52. The maximum atomic E-state index is 12.5. The first-order chi connectivity index (χ1) is 10.0. The fraction of sp³-hybridized carbons (Fsp3) is 0.235. The average molecular weight is 284 g/mol. The van der Waals surface area contributed by atoms with Crippen LogP contribution in [0.2, 0.25) is 0 Å². The Balaban J connectivity index is 2.18. The van der Waals surface area contributed by atoms with Crippen LogP contribution in [0.25, 0.3) is 0 Å². The minimum atomic E-state index is -0.704. The van der Waals surface area contributed by atoms with Crippen LogP contribution >= 0.6 is 0 Å². The zero-order chi connectivity index (χ0) is 15.4. The highest BCUT2D eigenvalue weighted by Crippen LogP contribution is 2.28. The smallest absolute Gasteiger partial charge is 0.244 e. The fourth-order valence-corrected chi connectivity index (χ4v) is 2.26. The van der Waals surface area contributed by atoms with Crippen molar-refractivity contribution in [2.45, 2.75) is 19.0 Å². The van der Waals surface area contributed by atoms with E-state index in [0.717, 1.165) is 5.56 Å². The topological polar surface area (TPSA) is 66.6 Å². The van der Waals surface area contributed by atoms with Crippen LogP contribution in [0.3, 0.4) is 0 Å². The SMILES string of the molecule is CC(c1ccccc1O)N(C)C(=O)[C@H](N)c1ccccc1. The zero-order valence-electron chi connectivity index (χ0n) is 12.2. The molecule has 0 heterocycles. The van der Waals surface area contributed by atoms with Crippen molar-refractivity contribution in [1.29, 1.82) is 0 Å². The van der Waals surface area contributed by atoms with Crippen molar-refractivity contribution in [2.24, 2.45) is 5.73 Å². The van der Waals surface area contributed by atoms with Crippen molar-refractivity contribution in [3.8, 4) is 5.75 Å². The summed E-state index contributed by atoms with van der Waals surface area (Å²) in [6, 6.07) is 15.3. The lowest BCUT2D eigenvalue weighted by molar-refractivity contribution is -0.133. The van der Waals surface area contributed by atoms with Gasteiger partial charge in [0.15, 0.2) is 0 Å². The van der Waals surface area contributed by atoms with E-state index < -0.39 is 6.04 Å². The maximum absolute atomic E-state index is 12.5. The van der Waals surface area contributed by atoms with E-state index in [-0.39, 0.29) is 17.7 Å². The van der Waals surface area contributed by atoms with E-state index in [4.69, 9.17) is 5.73 Å².